The Morgan fingerprint density at radius 1 is 0.647 bits per heavy atom. The Labute approximate surface area is 214 Å². The minimum atomic E-state index is -1.42. The number of aromatic hydroxyl groups is 1. The summed E-state index contributed by atoms with van der Waals surface area (Å²) in [5, 5.41) is 58.5. The van der Waals surface area contributed by atoms with Gasteiger partial charge in [-0.25, -0.2) is 9.59 Å². The molecule has 0 heterocycles. The number of para-hydroxylation sites is 3. The number of aromatic carboxylic acids is 3. The van der Waals surface area contributed by atoms with Crippen molar-refractivity contribution in [3.8, 4) is 17.2 Å². The van der Waals surface area contributed by atoms with Gasteiger partial charge in [-0.3, -0.25) is 0 Å². The van der Waals surface area contributed by atoms with Gasteiger partial charge in [-0.05, 0) is 44.0 Å². The van der Waals surface area contributed by atoms with Gasteiger partial charge in [-0.1, -0.05) is 65.1 Å². The zero-order valence-corrected chi connectivity index (χ0v) is 21.9. The number of hydrogen-bond acceptors (Lipinski definition) is 7. The van der Waals surface area contributed by atoms with Crippen LogP contribution in [0.5, 0.6) is 17.2 Å². The molecule has 3 aromatic rings. The van der Waals surface area contributed by atoms with Crippen LogP contribution in [0.2, 0.25) is 0 Å². The minimum Gasteiger partial charge on any atom is -0.872 e. The normalized spacial score (nSPS) is 9.26. The van der Waals surface area contributed by atoms with Crippen LogP contribution in [-0.4, -0.2) is 59.4 Å². The average Bonchev–Trinajstić information content (AvgIpc) is 2.74. The Hall–Kier alpha value is -3.65. The first-order valence-electron chi connectivity index (χ1n) is 9.38. The monoisotopic (exact) mass is 662 g/mol. The van der Waals surface area contributed by atoms with E-state index in [1.807, 2.05) is 0 Å². The van der Waals surface area contributed by atoms with Crippen molar-refractivity contribution in [2.75, 3.05) is 0 Å². The third-order valence-electron chi connectivity index (χ3n) is 4.34. The molecule has 10 heteroatoms. The second-order valence-corrected chi connectivity index (χ2v) is 6.77. The molecule has 2 radical (unpaired) electrons. The maximum absolute atomic E-state index is 11.0. The van der Waals surface area contributed by atoms with E-state index in [4.69, 9.17) is 10.2 Å². The van der Waals surface area contributed by atoms with Crippen LogP contribution in [0.15, 0.2) is 54.6 Å². The van der Waals surface area contributed by atoms with Crippen molar-refractivity contribution in [3.05, 3.63) is 88.0 Å². The average molecular weight is 662 g/mol. The summed E-state index contributed by atoms with van der Waals surface area (Å²) in [6.07, 6.45) is 0. The first kappa shape index (κ1) is 30.4. The van der Waals surface area contributed by atoms with E-state index in [2.05, 4.69) is 0 Å². The van der Waals surface area contributed by atoms with Gasteiger partial charge < -0.3 is 35.4 Å². The molecule has 0 aliphatic rings. The third kappa shape index (κ3) is 8.37. The maximum atomic E-state index is 11.0. The van der Waals surface area contributed by atoms with Crippen LogP contribution < -0.4 is 15.3 Å². The molecular formula is C24H21BiO9. The van der Waals surface area contributed by atoms with E-state index in [-0.39, 0.29) is 48.6 Å². The predicted octanol–water partition coefficient (Wildman–Crippen LogP) is 1.22. The van der Waals surface area contributed by atoms with E-state index < -0.39 is 29.4 Å². The zero-order valence-electron chi connectivity index (χ0n) is 18.4. The molecule has 0 unspecified atom stereocenters. The second kappa shape index (κ2) is 13.8. The molecule has 0 fully saturated rings. The number of carbonyl (C=O) groups excluding carboxylic acids is 1. The van der Waals surface area contributed by atoms with Crippen LogP contribution in [0, 0.1) is 20.8 Å². The summed E-state index contributed by atoms with van der Waals surface area (Å²) >= 11 is 0. The molecule has 34 heavy (non-hydrogen) atoms. The maximum Gasteiger partial charge on any atom is 3.00 e. The Morgan fingerprint density at radius 3 is 1.32 bits per heavy atom. The van der Waals surface area contributed by atoms with Crippen LogP contribution in [0.25, 0.3) is 0 Å². The Morgan fingerprint density at radius 2 is 1.00 bits per heavy atom. The predicted molar refractivity (Wildman–Crippen MR) is 118 cm³/mol. The molecule has 3 N–H and O–H groups in total. The smallest absolute Gasteiger partial charge is 0.872 e. The molecule has 0 aliphatic carbocycles. The first-order valence-corrected chi connectivity index (χ1v) is 9.38. The summed E-state index contributed by atoms with van der Waals surface area (Å²) in [6, 6.07) is 13.4. The molecule has 0 amide bonds. The number of carboxylic acids is 3. The van der Waals surface area contributed by atoms with Crippen molar-refractivity contribution in [2.24, 2.45) is 0 Å². The molecule has 9 nitrogen and oxygen atoms in total. The second-order valence-electron chi connectivity index (χ2n) is 6.77. The Balaban J connectivity index is 0.000000473. The van der Waals surface area contributed by atoms with E-state index in [0.29, 0.717) is 16.7 Å². The molecule has 3 rings (SSSR count). The number of benzene rings is 3. The molecule has 0 spiro atoms. The topological polar surface area (TPSA) is 181 Å². The Bertz CT molecular complexity index is 1030. The van der Waals surface area contributed by atoms with Crippen molar-refractivity contribution in [3.63, 3.8) is 0 Å². The van der Waals surface area contributed by atoms with E-state index in [1.54, 1.807) is 51.1 Å². The SMILES string of the molecule is Cc1cccc(C(=O)O)c1O.Cc1cccc(C(=O)O)c1[O-].Cc1cccc(C(=O)[O-])c1[O-].[Bi+3]. The largest absolute Gasteiger partial charge is 3.00 e. The van der Waals surface area contributed by atoms with Gasteiger partial charge in [0.25, 0.3) is 0 Å². The van der Waals surface area contributed by atoms with Crippen molar-refractivity contribution in [1.82, 2.24) is 0 Å². The third-order valence-corrected chi connectivity index (χ3v) is 4.34. The van der Waals surface area contributed by atoms with Gasteiger partial charge in [0.2, 0.25) is 0 Å². The van der Waals surface area contributed by atoms with Gasteiger partial charge >= 0.3 is 38.1 Å². The molecule has 3 aromatic carbocycles. The first-order chi connectivity index (χ1) is 15.4. The molecule has 0 saturated carbocycles. The van der Waals surface area contributed by atoms with Gasteiger partial charge in [0.1, 0.15) is 11.3 Å². The van der Waals surface area contributed by atoms with Crippen molar-refractivity contribution in [1.29, 1.82) is 0 Å². The van der Waals surface area contributed by atoms with E-state index in [9.17, 15) is 34.8 Å². The van der Waals surface area contributed by atoms with Crippen molar-refractivity contribution < 1.29 is 45.0 Å². The van der Waals surface area contributed by atoms with E-state index in [1.165, 1.54) is 24.3 Å². The van der Waals surface area contributed by atoms with Gasteiger partial charge in [-0.2, -0.15) is 0 Å². The fraction of sp³-hybridized carbons (Fsp3) is 0.125. The summed E-state index contributed by atoms with van der Waals surface area (Å²) in [6.45, 7) is 4.81. The number of rotatable bonds is 3. The van der Waals surface area contributed by atoms with Gasteiger partial charge in [0, 0.05) is 0 Å². The van der Waals surface area contributed by atoms with Gasteiger partial charge in [-0.15, -0.1) is 0 Å². The standard InChI is InChI=1S/3C8H8O3.Bi/c3*1-5-3-2-4-6(7(5)9)8(10)11;/h3*2-4,9H,1H3,(H,10,11);/q;;;+3/p-3. The molecule has 0 aliphatic heterocycles. The van der Waals surface area contributed by atoms with Crippen molar-refractivity contribution in [2.45, 2.75) is 20.8 Å². The fourth-order valence-corrected chi connectivity index (χ4v) is 2.47. The fourth-order valence-electron chi connectivity index (χ4n) is 2.47. The quantitative estimate of drug-likeness (QED) is 0.348. The van der Waals surface area contributed by atoms with E-state index >= 15 is 0 Å². The number of hydrogen-bond donors (Lipinski definition) is 3. The summed E-state index contributed by atoms with van der Waals surface area (Å²) in [7, 11) is 0. The molecular weight excluding hydrogens is 641 g/mol. The van der Waals surface area contributed by atoms with Crippen LogP contribution in [0.4, 0.5) is 0 Å². The number of carbonyl (C=O) groups is 3. The Kier molecular flexibility index (Phi) is 12.3. The molecule has 0 aromatic heterocycles. The van der Waals surface area contributed by atoms with E-state index in [0.717, 1.165) is 0 Å². The van der Waals surface area contributed by atoms with Crippen LogP contribution in [0.1, 0.15) is 47.8 Å². The van der Waals surface area contributed by atoms with Crippen molar-refractivity contribution >= 4 is 44.1 Å². The van der Waals surface area contributed by atoms with Gasteiger partial charge in [0.05, 0.1) is 11.5 Å². The van der Waals surface area contributed by atoms with Crippen LogP contribution >= 0.6 is 0 Å². The molecule has 0 atom stereocenters. The number of phenols is 1. The molecule has 0 bridgehead atoms. The number of carboxylic acid groups (broad SMARTS) is 3. The van der Waals surface area contributed by atoms with Gasteiger partial charge in [0.15, 0.2) is 0 Å². The minimum absolute atomic E-state index is 0. The van der Waals surface area contributed by atoms with Crippen LogP contribution in [-0.2, 0) is 0 Å². The van der Waals surface area contributed by atoms with Crippen LogP contribution in [0.3, 0.4) is 0 Å². The molecule has 0 saturated heterocycles. The summed E-state index contributed by atoms with van der Waals surface area (Å²) in [5.74, 6) is -4.71. The molecule has 176 valence electrons. The summed E-state index contributed by atoms with van der Waals surface area (Å²) in [5.41, 5.74) is 0.974. The zero-order chi connectivity index (χ0) is 25.3. The number of aryl methyl sites for hydroxylation is 3. The summed E-state index contributed by atoms with van der Waals surface area (Å²) in [4.78, 5) is 31.1. The summed E-state index contributed by atoms with van der Waals surface area (Å²) < 4.78 is 0.